The van der Waals surface area contributed by atoms with E-state index in [1.54, 1.807) is 12.1 Å². The zero-order valence-corrected chi connectivity index (χ0v) is 10.6. The minimum atomic E-state index is -0.381. The first-order chi connectivity index (χ1) is 8.08. The van der Waals surface area contributed by atoms with E-state index in [1.807, 2.05) is 0 Å². The molecule has 0 heterocycles. The summed E-state index contributed by atoms with van der Waals surface area (Å²) in [7, 11) is 0. The lowest BCUT2D eigenvalue weighted by molar-refractivity contribution is -0.384. The highest BCUT2D eigenvalue weighted by molar-refractivity contribution is 5.49. The molecule has 1 rings (SSSR count). The number of non-ortho nitro benzene ring substituents is 1. The largest absolute Gasteiger partial charge is 0.382 e. The van der Waals surface area contributed by atoms with E-state index in [4.69, 9.17) is 0 Å². The highest BCUT2D eigenvalue weighted by Gasteiger charge is 2.13. The smallest absolute Gasteiger partial charge is 0.269 e. The van der Waals surface area contributed by atoms with Crippen LogP contribution in [0.15, 0.2) is 24.3 Å². The van der Waals surface area contributed by atoms with Crippen LogP contribution in [0, 0.1) is 16.0 Å². The van der Waals surface area contributed by atoms with Crippen molar-refractivity contribution in [1.29, 1.82) is 0 Å². The van der Waals surface area contributed by atoms with Crippen LogP contribution in [0.2, 0.25) is 0 Å². The molecule has 1 aromatic rings. The highest BCUT2D eigenvalue weighted by Crippen LogP contribution is 2.20. The monoisotopic (exact) mass is 236 g/mol. The molecule has 0 fully saturated rings. The summed E-state index contributed by atoms with van der Waals surface area (Å²) in [5, 5.41) is 13.9. The Bertz CT molecular complexity index is 358. The minimum Gasteiger partial charge on any atom is -0.382 e. The van der Waals surface area contributed by atoms with Gasteiger partial charge in [0.2, 0.25) is 0 Å². The third kappa shape index (κ3) is 3.73. The van der Waals surface area contributed by atoms with Crippen molar-refractivity contribution in [3.8, 4) is 0 Å². The molecule has 0 spiro atoms. The molecular formula is C13H20N2O2. The van der Waals surface area contributed by atoms with Crippen LogP contribution in [-0.4, -0.2) is 11.0 Å². The van der Waals surface area contributed by atoms with Gasteiger partial charge >= 0.3 is 0 Å². The fourth-order valence-electron chi connectivity index (χ4n) is 2.06. The number of rotatable bonds is 6. The number of nitro groups is 1. The number of hydrogen-bond donors (Lipinski definition) is 1. The maximum absolute atomic E-state index is 10.5. The van der Waals surface area contributed by atoms with E-state index in [0.29, 0.717) is 12.0 Å². The summed E-state index contributed by atoms with van der Waals surface area (Å²) in [6.45, 7) is 6.52. The quantitative estimate of drug-likeness (QED) is 0.603. The van der Waals surface area contributed by atoms with Gasteiger partial charge in [-0.05, 0) is 25.0 Å². The van der Waals surface area contributed by atoms with Gasteiger partial charge in [0.15, 0.2) is 0 Å². The summed E-state index contributed by atoms with van der Waals surface area (Å²) in [4.78, 5) is 10.1. The van der Waals surface area contributed by atoms with E-state index in [0.717, 1.165) is 18.5 Å². The van der Waals surface area contributed by atoms with Crippen molar-refractivity contribution < 1.29 is 4.92 Å². The van der Waals surface area contributed by atoms with Crippen molar-refractivity contribution in [1.82, 2.24) is 0 Å². The van der Waals surface area contributed by atoms with Crippen LogP contribution in [0.4, 0.5) is 11.4 Å². The minimum absolute atomic E-state index is 0.130. The summed E-state index contributed by atoms with van der Waals surface area (Å²) in [6.07, 6.45) is 2.27. The molecule has 0 saturated carbocycles. The molecule has 0 aromatic heterocycles. The van der Waals surface area contributed by atoms with E-state index in [9.17, 15) is 10.1 Å². The van der Waals surface area contributed by atoms with Gasteiger partial charge in [-0.1, -0.05) is 26.7 Å². The molecule has 1 unspecified atom stereocenters. The van der Waals surface area contributed by atoms with Gasteiger partial charge in [0, 0.05) is 23.9 Å². The maximum atomic E-state index is 10.5. The Hall–Kier alpha value is -1.58. The van der Waals surface area contributed by atoms with E-state index >= 15 is 0 Å². The molecule has 1 N–H and O–H groups in total. The molecule has 0 saturated heterocycles. The van der Waals surface area contributed by atoms with Crippen LogP contribution in [-0.2, 0) is 0 Å². The fourth-order valence-corrected chi connectivity index (χ4v) is 2.06. The maximum Gasteiger partial charge on any atom is 0.269 e. The molecule has 0 amide bonds. The van der Waals surface area contributed by atoms with Crippen LogP contribution in [0.5, 0.6) is 0 Å². The molecule has 0 radical (unpaired) electrons. The number of anilines is 1. The van der Waals surface area contributed by atoms with Crippen LogP contribution in [0.3, 0.4) is 0 Å². The Labute approximate surface area is 102 Å². The summed E-state index contributed by atoms with van der Waals surface area (Å²) in [5.41, 5.74) is 1.07. The van der Waals surface area contributed by atoms with Gasteiger partial charge in [-0.15, -0.1) is 0 Å². The van der Waals surface area contributed by atoms with Gasteiger partial charge in [0.25, 0.3) is 5.69 Å². The fraction of sp³-hybridized carbons (Fsp3) is 0.538. The van der Waals surface area contributed by atoms with Crippen LogP contribution >= 0.6 is 0 Å². The van der Waals surface area contributed by atoms with Crippen molar-refractivity contribution in [3.05, 3.63) is 34.4 Å². The van der Waals surface area contributed by atoms with Crippen molar-refractivity contribution in [2.45, 2.75) is 39.7 Å². The Morgan fingerprint density at radius 3 is 2.18 bits per heavy atom. The van der Waals surface area contributed by atoms with Crippen molar-refractivity contribution >= 4 is 11.4 Å². The van der Waals surface area contributed by atoms with E-state index in [-0.39, 0.29) is 10.6 Å². The van der Waals surface area contributed by atoms with Gasteiger partial charge in [-0.3, -0.25) is 10.1 Å². The average Bonchev–Trinajstić information content (AvgIpc) is 2.31. The average molecular weight is 236 g/mol. The number of nitro benzene ring substituents is 1. The summed E-state index contributed by atoms with van der Waals surface area (Å²) in [6, 6.07) is 6.96. The first-order valence-electron chi connectivity index (χ1n) is 6.09. The topological polar surface area (TPSA) is 55.2 Å². The zero-order valence-electron chi connectivity index (χ0n) is 10.6. The Balaban J connectivity index is 2.65. The van der Waals surface area contributed by atoms with Gasteiger partial charge in [0.1, 0.15) is 0 Å². The second-order valence-electron chi connectivity index (χ2n) is 4.31. The van der Waals surface area contributed by atoms with E-state index in [1.165, 1.54) is 12.1 Å². The predicted molar refractivity (Wildman–Crippen MR) is 70.3 cm³/mol. The van der Waals surface area contributed by atoms with Crippen LogP contribution < -0.4 is 5.32 Å². The van der Waals surface area contributed by atoms with Crippen molar-refractivity contribution in [2.24, 2.45) is 5.92 Å². The van der Waals surface area contributed by atoms with Gasteiger partial charge in [-0.2, -0.15) is 0 Å². The van der Waals surface area contributed by atoms with Crippen LogP contribution in [0.1, 0.15) is 33.6 Å². The third-order valence-corrected chi connectivity index (χ3v) is 3.23. The summed E-state index contributed by atoms with van der Waals surface area (Å²) >= 11 is 0. The van der Waals surface area contributed by atoms with Crippen molar-refractivity contribution in [3.63, 3.8) is 0 Å². The summed E-state index contributed by atoms with van der Waals surface area (Å²) in [5.74, 6) is 0.630. The lowest BCUT2D eigenvalue weighted by atomic mass is 9.95. The first-order valence-corrected chi connectivity index (χ1v) is 6.09. The molecule has 17 heavy (non-hydrogen) atoms. The van der Waals surface area contributed by atoms with Crippen molar-refractivity contribution in [2.75, 3.05) is 5.32 Å². The Kier molecular flexibility index (Phi) is 4.94. The zero-order chi connectivity index (χ0) is 12.8. The summed E-state index contributed by atoms with van der Waals surface area (Å²) < 4.78 is 0. The molecular weight excluding hydrogens is 216 g/mol. The SMILES string of the molecule is CCC(CC)C(C)Nc1ccc([N+](=O)[O-])cc1. The normalized spacial score (nSPS) is 12.5. The molecule has 0 bridgehead atoms. The second kappa shape index (κ2) is 6.23. The number of hydrogen-bond acceptors (Lipinski definition) is 3. The molecule has 1 atom stereocenters. The van der Waals surface area contributed by atoms with E-state index in [2.05, 4.69) is 26.1 Å². The molecule has 94 valence electrons. The third-order valence-electron chi connectivity index (χ3n) is 3.23. The van der Waals surface area contributed by atoms with Crippen LogP contribution in [0.25, 0.3) is 0 Å². The molecule has 1 aromatic carbocycles. The van der Waals surface area contributed by atoms with Gasteiger partial charge < -0.3 is 5.32 Å². The Morgan fingerprint density at radius 1 is 1.24 bits per heavy atom. The molecule has 4 heteroatoms. The number of nitrogens with zero attached hydrogens (tertiary/aromatic N) is 1. The number of benzene rings is 1. The highest BCUT2D eigenvalue weighted by atomic mass is 16.6. The predicted octanol–water partition coefficient (Wildman–Crippen LogP) is 3.83. The van der Waals surface area contributed by atoms with Gasteiger partial charge in [0.05, 0.1) is 4.92 Å². The van der Waals surface area contributed by atoms with Gasteiger partial charge in [-0.25, -0.2) is 0 Å². The first kappa shape index (κ1) is 13.5. The van der Waals surface area contributed by atoms with E-state index < -0.39 is 0 Å². The molecule has 0 aliphatic rings. The molecule has 4 nitrogen and oxygen atoms in total. The lowest BCUT2D eigenvalue weighted by Gasteiger charge is -2.23. The molecule has 0 aliphatic heterocycles. The standard InChI is InChI=1S/C13H20N2O2/c1-4-11(5-2)10(3)14-12-6-8-13(9-7-12)15(16)17/h6-11,14H,4-5H2,1-3H3. The second-order valence-corrected chi connectivity index (χ2v) is 4.31. The number of nitrogens with one attached hydrogen (secondary N) is 1. The lowest BCUT2D eigenvalue weighted by Crippen LogP contribution is -2.24. The molecule has 0 aliphatic carbocycles. The Morgan fingerprint density at radius 2 is 1.76 bits per heavy atom.